The second-order valence-electron chi connectivity index (χ2n) is 6.61. The van der Waals surface area contributed by atoms with Crippen LogP contribution in [0.15, 0.2) is 30.3 Å². The van der Waals surface area contributed by atoms with Gasteiger partial charge >= 0.3 is 0 Å². The van der Waals surface area contributed by atoms with Gasteiger partial charge in [0.05, 0.1) is 31.5 Å². The summed E-state index contributed by atoms with van der Waals surface area (Å²) in [6.07, 6.45) is 0.0272. The van der Waals surface area contributed by atoms with Crippen LogP contribution in [0.25, 0.3) is 0 Å². The fraction of sp³-hybridized carbons (Fsp3) is 0.381. The second kappa shape index (κ2) is 8.38. The van der Waals surface area contributed by atoms with Gasteiger partial charge in [0.25, 0.3) is 0 Å². The fourth-order valence-electron chi connectivity index (χ4n) is 3.17. The van der Waals surface area contributed by atoms with Gasteiger partial charge in [0.15, 0.2) is 0 Å². The Morgan fingerprint density at radius 3 is 2.48 bits per heavy atom. The van der Waals surface area contributed by atoms with Crippen LogP contribution in [-0.2, 0) is 11.3 Å². The van der Waals surface area contributed by atoms with Crippen molar-refractivity contribution in [1.82, 2.24) is 4.98 Å². The van der Waals surface area contributed by atoms with E-state index in [4.69, 9.17) is 9.47 Å². The number of aliphatic hydroxyl groups is 1. The molecule has 2 heterocycles. The van der Waals surface area contributed by atoms with E-state index in [1.807, 2.05) is 18.7 Å². The van der Waals surface area contributed by atoms with Gasteiger partial charge in [0.2, 0.25) is 5.95 Å². The molecule has 2 aromatic rings. The molecule has 1 aliphatic rings. The molecule has 1 aromatic carbocycles. The SMILES string of the molecule is COc1ccc(C#Cc2cc(CO)c(N3CC(C)OC(C)C3)nc2F)cc1. The molecule has 142 valence electrons. The predicted molar refractivity (Wildman–Crippen MR) is 101 cm³/mol. The lowest BCUT2D eigenvalue weighted by molar-refractivity contribution is -0.00561. The first kappa shape index (κ1) is 19.2. The number of aromatic nitrogens is 1. The molecule has 1 aromatic heterocycles. The quantitative estimate of drug-likeness (QED) is 0.665. The standard InChI is InChI=1S/C21H23FN2O3/c1-14-11-24(12-15(2)27-14)21-18(13-25)10-17(20(22)23-21)7-4-16-5-8-19(26-3)9-6-16/h5-6,8-10,14-15,25H,11-13H2,1-3H3. The summed E-state index contributed by atoms with van der Waals surface area (Å²) in [5.41, 5.74) is 1.45. The zero-order chi connectivity index (χ0) is 19.4. The van der Waals surface area contributed by atoms with Crippen molar-refractivity contribution in [3.8, 4) is 17.6 Å². The van der Waals surface area contributed by atoms with Crippen LogP contribution in [0.5, 0.6) is 5.75 Å². The number of nitrogens with zero attached hydrogens (tertiary/aromatic N) is 2. The van der Waals surface area contributed by atoms with Gasteiger partial charge in [-0.1, -0.05) is 11.8 Å². The van der Waals surface area contributed by atoms with Crippen LogP contribution in [0.3, 0.4) is 0 Å². The number of hydrogen-bond donors (Lipinski definition) is 1. The average Bonchev–Trinajstić information content (AvgIpc) is 2.66. The monoisotopic (exact) mass is 370 g/mol. The Hall–Kier alpha value is -2.62. The van der Waals surface area contributed by atoms with Crippen LogP contribution in [-0.4, -0.2) is 42.5 Å². The van der Waals surface area contributed by atoms with Crippen LogP contribution in [0, 0.1) is 17.8 Å². The molecule has 0 bridgehead atoms. The van der Waals surface area contributed by atoms with Gasteiger partial charge in [0, 0.05) is 24.2 Å². The molecular formula is C21H23FN2O3. The number of aliphatic hydroxyl groups excluding tert-OH is 1. The summed E-state index contributed by atoms with van der Waals surface area (Å²) in [5.74, 6) is 6.26. The molecule has 3 rings (SSSR count). The molecule has 0 spiro atoms. The van der Waals surface area contributed by atoms with Gasteiger partial charge in [-0.3, -0.25) is 0 Å². The van der Waals surface area contributed by atoms with E-state index in [1.54, 1.807) is 37.4 Å². The molecule has 0 amide bonds. The van der Waals surface area contributed by atoms with Crippen LogP contribution in [0.4, 0.5) is 10.2 Å². The van der Waals surface area contributed by atoms with Crippen molar-refractivity contribution in [3.63, 3.8) is 0 Å². The third-order valence-corrected chi connectivity index (χ3v) is 4.35. The third-order valence-electron chi connectivity index (χ3n) is 4.35. The molecule has 1 fully saturated rings. The number of morpholine rings is 1. The minimum absolute atomic E-state index is 0.0136. The number of ether oxygens (including phenoxy) is 2. The maximum atomic E-state index is 14.6. The fourth-order valence-corrected chi connectivity index (χ4v) is 3.17. The highest BCUT2D eigenvalue weighted by molar-refractivity contribution is 5.53. The van der Waals surface area contributed by atoms with Crippen molar-refractivity contribution in [2.75, 3.05) is 25.1 Å². The molecule has 6 heteroatoms. The first-order valence-corrected chi connectivity index (χ1v) is 8.87. The molecule has 27 heavy (non-hydrogen) atoms. The Bertz CT molecular complexity index is 848. The zero-order valence-electron chi connectivity index (χ0n) is 15.7. The van der Waals surface area contributed by atoms with Gasteiger partial charge in [-0.05, 0) is 44.2 Å². The first-order valence-electron chi connectivity index (χ1n) is 8.87. The summed E-state index contributed by atoms with van der Waals surface area (Å²) in [4.78, 5) is 6.05. The number of methoxy groups -OCH3 is 1. The highest BCUT2D eigenvalue weighted by Crippen LogP contribution is 2.24. The minimum Gasteiger partial charge on any atom is -0.497 e. The summed E-state index contributed by atoms with van der Waals surface area (Å²) in [6, 6.07) is 8.76. The summed E-state index contributed by atoms with van der Waals surface area (Å²) >= 11 is 0. The van der Waals surface area contributed by atoms with Gasteiger partial charge in [0.1, 0.15) is 11.6 Å². The van der Waals surface area contributed by atoms with Crippen molar-refractivity contribution in [3.05, 3.63) is 53.0 Å². The van der Waals surface area contributed by atoms with Crippen LogP contribution in [0.2, 0.25) is 0 Å². The number of halogens is 1. The number of anilines is 1. The van der Waals surface area contributed by atoms with E-state index in [0.29, 0.717) is 24.5 Å². The largest absolute Gasteiger partial charge is 0.497 e. The average molecular weight is 370 g/mol. The van der Waals surface area contributed by atoms with Gasteiger partial charge in [-0.25, -0.2) is 4.98 Å². The van der Waals surface area contributed by atoms with Gasteiger partial charge in [-0.2, -0.15) is 4.39 Å². The van der Waals surface area contributed by atoms with Gasteiger partial charge < -0.3 is 19.5 Å². The summed E-state index contributed by atoms with van der Waals surface area (Å²) < 4.78 is 25.4. The number of benzene rings is 1. The minimum atomic E-state index is -0.644. The molecule has 0 aliphatic carbocycles. The highest BCUT2D eigenvalue weighted by Gasteiger charge is 2.25. The molecule has 2 atom stereocenters. The number of pyridine rings is 1. The molecule has 0 saturated carbocycles. The van der Waals surface area contributed by atoms with Crippen LogP contribution >= 0.6 is 0 Å². The third kappa shape index (κ3) is 4.57. The zero-order valence-corrected chi connectivity index (χ0v) is 15.7. The predicted octanol–water partition coefficient (Wildman–Crippen LogP) is 2.74. The lowest BCUT2D eigenvalue weighted by Gasteiger charge is -2.36. The molecule has 5 nitrogen and oxygen atoms in total. The number of rotatable bonds is 3. The summed E-state index contributed by atoms with van der Waals surface area (Å²) in [6.45, 7) is 4.89. The molecule has 1 saturated heterocycles. The van der Waals surface area contributed by atoms with Crippen molar-refractivity contribution < 1.29 is 19.0 Å². The Morgan fingerprint density at radius 1 is 1.22 bits per heavy atom. The van der Waals surface area contributed by atoms with Crippen LogP contribution < -0.4 is 9.64 Å². The lowest BCUT2D eigenvalue weighted by Crippen LogP contribution is -2.46. The van der Waals surface area contributed by atoms with E-state index in [2.05, 4.69) is 16.8 Å². The normalized spacial score (nSPS) is 19.4. The molecule has 1 aliphatic heterocycles. The van der Waals surface area contributed by atoms with E-state index < -0.39 is 5.95 Å². The summed E-state index contributed by atoms with van der Waals surface area (Å²) in [7, 11) is 1.59. The molecule has 1 N–H and O–H groups in total. The van der Waals surface area contributed by atoms with E-state index in [1.165, 1.54) is 0 Å². The van der Waals surface area contributed by atoms with E-state index in [0.717, 1.165) is 11.3 Å². The number of hydrogen-bond acceptors (Lipinski definition) is 5. The maximum absolute atomic E-state index is 14.6. The Kier molecular flexibility index (Phi) is 5.94. The van der Waals surface area contributed by atoms with Crippen molar-refractivity contribution >= 4 is 5.82 Å². The van der Waals surface area contributed by atoms with E-state index in [9.17, 15) is 9.50 Å². The molecule has 2 unspecified atom stereocenters. The van der Waals surface area contributed by atoms with E-state index >= 15 is 0 Å². The Morgan fingerprint density at radius 2 is 1.89 bits per heavy atom. The van der Waals surface area contributed by atoms with E-state index in [-0.39, 0.29) is 24.4 Å². The second-order valence-corrected chi connectivity index (χ2v) is 6.61. The van der Waals surface area contributed by atoms with Crippen LogP contribution in [0.1, 0.15) is 30.5 Å². The summed E-state index contributed by atoms with van der Waals surface area (Å²) in [5, 5.41) is 9.76. The maximum Gasteiger partial charge on any atom is 0.230 e. The van der Waals surface area contributed by atoms with Gasteiger partial charge in [-0.15, -0.1) is 0 Å². The van der Waals surface area contributed by atoms with Crippen molar-refractivity contribution in [2.45, 2.75) is 32.7 Å². The lowest BCUT2D eigenvalue weighted by atomic mass is 10.1. The Balaban J connectivity index is 1.89. The molecule has 0 radical (unpaired) electrons. The first-order chi connectivity index (χ1) is 13.0. The Labute approximate surface area is 158 Å². The topological polar surface area (TPSA) is 54.8 Å². The highest BCUT2D eigenvalue weighted by atomic mass is 19.1. The van der Waals surface area contributed by atoms with Crippen molar-refractivity contribution in [2.24, 2.45) is 0 Å². The smallest absolute Gasteiger partial charge is 0.230 e. The van der Waals surface area contributed by atoms with Crippen molar-refractivity contribution in [1.29, 1.82) is 0 Å². The molecular weight excluding hydrogens is 347 g/mol.